The van der Waals surface area contributed by atoms with Gasteiger partial charge in [0.25, 0.3) is 11.5 Å². The standard InChI is InChI=1S/C22H18N4O4S/c1-14-11-12-15(13-19(14)31(23,29)30)24-21(27)20-17-9-5-6-10-18(17)22(28)26(25-20)16-7-3-2-4-8-16/h2-13H,1H3,(H,24,27)(H2,23,29,30). The Kier molecular flexibility index (Phi) is 5.14. The van der Waals surface area contributed by atoms with Crippen LogP contribution in [0, 0.1) is 6.92 Å². The predicted octanol–water partition coefficient (Wildman–Crippen LogP) is 2.59. The van der Waals surface area contributed by atoms with Crippen molar-refractivity contribution in [2.24, 2.45) is 5.14 Å². The van der Waals surface area contributed by atoms with Gasteiger partial charge in [0.15, 0.2) is 5.69 Å². The number of aryl methyl sites for hydroxylation is 1. The highest BCUT2D eigenvalue weighted by atomic mass is 32.2. The molecule has 0 fully saturated rings. The van der Waals surface area contributed by atoms with E-state index in [0.29, 0.717) is 22.0 Å². The lowest BCUT2D eigenvalue weighted by atomic mass is 10.1. The topological polar surface area (TPSA) is 124 Å². The normalized spacial score (nSPS) is 11.4. The van der Waals surface area contributed by atoms with Gasteiger partial charge in [-0.2, -0.15) is 9.78 Å². The molecule has 0 bridgehead atoms. The molecule has 0 saturated heterocycles. The van der Waals surface area contributed by atoms with Crippen LogP contribution in [0.1, 0.15) is 16.1 Å². The van der Waals surface area contributed by atoms with Crippen LogP contribution in [-0.2, 0) is 10.0 Å². The minimum absolute atomic E-state index is 0.0248. The van der Waals surface area contributed by atoms with E-state index in [1.165, 1.54) is 10.7 Å². The zero-order chi connectivity index (χ0) is 22.2. The number of aromatic nitrogens is 2. The van der Waals surface area contributed by atoms with Gasteiger partial charge in [-0.25, -0.2) is 13.6 Å². The number of nitrogens with one attached hydrogen (secondary N) is 1. The average molecular weight is 434 g/mol. The van der Waals surface area contributed by atoms with Gasteiger partial charge < -0.3 is 5.32 Å². The smallest absolute Gasteiger partial charge is 0.279 e. The number of anilines is 1. The fourth-order valence-corrected chi connectivity index (χ4v) is 4.08. The number of primary sulfonamides is 1. The molecule has 0 aliphatic heterocycles. The van der Waals surface area contributed by atoms with Gasteiger partial charge in [-0.3, -0.25) is 9.59 Å². The zero-order valence-electron chi connectivity index (χ0n) is 16.4. The summed E-state index contributed by atoms with van der Waals surface area (Å²) in [7, 11) is -3.95. The van der Waals surface area contributed by atoms with Crippen molar-refractivity contribution in [3.05, 3.63) is 94.4 Å². The van der Waals surface area contributed by atoms with Crippen molar-refractivity contribution in [1.82, 2.24) is 9.78 Å². The van der Waals surface area contributed by atoms with Gasteiger partial charge in [-0.15, -0.1) is 0 Å². The number of hydrogen-bond acceptors (Lipinski definition) is 5. The highest BCUT2D eigenvalue weighted by molar-refractivity contribution is 7.89. The molecule has 0 aliphatic rings. The summed E-state index contributed by atoms with van der Waals surface area (Å²) in [6.07, 6.45) is 0. The molecule has 8 nitrogen and oxygen atoms in total. The highest BCUT2D eigenvalue weighted by Crippen LogP contribution is 2.21. The maximum Gasteiger partial charge on any atom is 0.279 e. The van der Waals surface area contributed by atoms with E-state index in [1.807, 2.05) is 6.07 Å². The van der Waals surface area contributed by atoms with E-state index >= 15 is 0 Å². The molecular formula is C22H18N4O4S. The Bertz CT molecular complexity index is 1480. The molecule has 31 heavy (non-hydrogen) atoms. The van der Waals surface area contributed by atoms with E-state index in [2.05, 4.69) is 10.4 Å². The summed E-state index contributed by atoms with van der Waals surface area (Å²) in [5, 5.41) is 12.9. The number of rotatable bonds is 4. The Morgan fingerprint density at radius 2 is 1.61 bits per heavy atom. The number of nitrogens with two attached hydrogens (primary N) is 1. The number of fused-ring (bicyclic) bond motifs is 1. The van der Waals surface area contributed by atoms with Crippen LogP contribution < -0.4 is 16.0 Å². The van der Waals surface area contributed by atoms with Crippen molar-refractivity contribution in [1.29, 1.82) is 0 Å². The molecule has 4 aromatic rings. The summed E-state index contributed by atoms with van der Waals surface area (Å²) >= 11 is 0. The molecule has 156 valence electrons. The molecule has 4 rings (SSSR count). The van der Waals surface area contributed by atoms with E-state index < -0.39 is 15.9 Å². The monoisotopic (exact) mass is 434 g/mol. The maximum absolute atomic E-state index is 13.1. The molecule has 1 heterocycles. The van der Waals surface area contributed by atoms with Crippen LogP contribution in [0.25, 0.3) is 16.5 Å². The third-order valence-corrected chi connectivity index (χ3v) is 5.83. The summed E-state index contributed by atoms with van der Waals surface area (Å²) < 4.78 is 24.7. The SMILES string of the molecule is Cc1ccc(NC(=O)c2nn(-c3ccccc3)c(=O)c3ccccc23)cc1S(N)(=O)=O. The third-order valence-electron chi connectivity index (χ3n) is 4.77. The van der Waals surface area contributed by atoms with Crippen molar-refractivity contribution >= 4 is 32.4 Å². The Morgan fingerprint density at radius 3 is 2.29 bits per heavy atom. The fraction of sp³-hybridized carbons (Fsp3) is 0.0455. The Labute approximate surface area is 178 Å². The molecule has 9 heteroatoms. The first kappa shape index (κ1) is 20.5. The Morgan fingerprint density at radius 1 is 0.968 bits per heavy atom. The molecule has 0 saturated carbocycles. The molecule has 0 radical (unpaired) electrons. The predicted molar refractivity (Wildman–Crippen MR) is 118 cm³/mol. The summed E-state index contributed by atoms with van der Waals surface area (Å²) in [4.78, 5) is 26.0. The first-order valence-electron chi connectivity index (χ1n) is 9.28. The van der Waals surface area contributed by atoms with Crippen LogP contribution in [0.2, 0.25) is 0 Å². The van der Waals surface area contributed by atoms with E-state index in [-0.39, 0.29) is 21.8 Å². The third kappa shape index (κ3) is 3.96. The van der Waals surface area contributed by atoms with Crippen LogP contribution >= 0.6 is 0 Å². The van der Waals surface area contributed by atoms with E-state index in [0.717, 1.165) is 0 Å². The minimum Gasteiger partial charge on any atom is -0.321 e. The quantitative estimate of drug-likeness (QED) is 0.511. The first-order valence-corrected chi connectivity index (χ1v) is 10.8. The molecule has 1 amide bonds. The maximum atomic E-state index is 13.1. The second kappa shape index (κ2) is 7.78. The van der Waals surface area contributed by atoms with E-state index in [1.54, 1.807) is 67.6 Å². The molecule has 3 N–H and O–H groups in total. The largest absolute Gasteiger partial charge is 0.321 e. The number of nitrogens with zero attached hydrogens (tertiary/aromatic N) is 2. The summed E-state index contributed by atoms with van der Waals surface area (Å²) in [6, 6.07) is 19.8. The lowest BCUT2D eigenvalue weighted by Gasteiger charge is -2.12. The van der Waals surface area contributed by atoms with Gasteiger partial charge >= 0.3 is 0 Å². The molecule has 0 atom stereocenters. The van der Waals surface area contributed by atoms with E-state index in [4.69, 9.17) is 5.14 Å². The van der Waals surface area contributed by atoms with Crippen LogP contribution in [0.5, 0.6) is 0 Å². The van der Waals surface area contributed by atoms with Gasteiger partial charge in [0.05, 0.1) is 16.0 Å². The van der Waals surface area contributed by atoms with Crippen LogP contribution in [0.15, 0.2) is 82.5 Å². The number of hydrogen-bond donors (Lipinski definition) is 2. The van der Waals surface area contributed by atoms with Crippen molar-refractivity contribution in [2.75, 3.05) is 5.32 Å². The van der Waals surface area contributed by atoms with Gasteiger partial charge in [0, 0.05) is 11.1 Å². The summed E-state index contributed by atoms with van der Waals surface area (Å²) in [5.41, 5.74) is 0.880. The van der Waals surface area contributed by atoms with Crippen LogP contribution in [-0.4, -0.2) is 24.1 Å². The molecule has 3 aromatic carbocycles. The summed E-state index contributed by atoms with van der Waals surface area (Å²) in [6.45, 7) is 1.61. The number of amides is 1. The first-order chi connectivity index (χ1) is 14.8. The van der Waals surface area contributed by atoms with Crippen molar-refractivity contribution in [3.63, 3.8) is 0 Å². The van der Waals surface area contributed by atoms with Crippen LogP contribution in [0.3, 0.4) is 0 Å². The van der Waals surface area contributed by atoms with Gasteiger partial charge in [-0.05, 0) is 42.8 Å². The van der Waals surface area contributed by atoms with Gasteiger partial charge in [0.2, 0.25) is 10.0 Å². The van der Waals surface area contributed by atoms with Gasteiger partial charge in [0.1, 0.15) is 0 Å². The summed E-state index contributed by atoms with van der Waals surface area (Å²) in [5.74, 6) is -0.592. The van der Waals surface area contributed by atoms with Crippen molar-refractivity contribution in [2.45, 2.75) is 11.8 Å². The second-order valence-corrected chi connectivity index (χ2v) is 8.46. The molecule has 0 unspecified atom stereocenters. The Balaban J connectivity index is 1.84. The molecule has 1 aromatic heterocycles. The number of carbonyl (C=O) groups excluding carboxylic acids is 1. The lowest BCUT2D eigenvalue weighted by molar-refractivity contribution is 0.102. The van der Waals surface area contributed by atoms with Crippen molar-refractivity contribution < 1.29 is 13.2 Å². The average Bonchev–Trinajstić information content (AvgIpc) is 2.75. The number of para-hydroxylation sites is 1. The number of sulfonamides is 1. The zero-order valence-corrected chi connectivity index (χ0v) is 17.3. The number of benzene rings is 3. The van der Waals surface area contributed by atoms with Crippen LogP contribution in [0.4, 0.5) is 5.69 Å². The fourth-order valence-electron chi connectivity index (χ4n) is 3.28. The second-order valence-electron chi connectivity index (χ2n) is 6.93. The highest BCUT2D eigenvalue weighted by Gasteiger charge is 2.19. The van der Waals surface area contributed by atoms with Gasteiger partial charge in [-0.1, -0.05) is 42.5 Å². The van der Waals surface area contributed by atoms with Crippen molar-refractivity contribution in [3.8, 4) is 5.69 Å². The molecule has 0 spiro atoms. The molecule has 0 aliphatic carbocycles. The number of carbonyl (C=O) groups is 1. The van der Waals surface area contributed by atoms with E-state index in [9.17, 15) is 18.0 Å². The Hall–Kier alpha value is -3.82. The molecular weight excluding hydrogens is 416 g/mol. The lowest BCUT2D eigenvalue weighted by Crippen LogP contribution is -2.26. The minimum atomic E-state index is -3.95.